The van der Waals surface area contributed by atoms with Crippen LogP contribution in [0.15, 0.2) is 73.1 Å². The smallest absolute Gasteiger partial charge is 0.293 e. The summed E-state index contributed by atoms with van der Waals surface area (Å²) in [6.45, 7) is 2.67. The Balaban J connectivity index is 1.41. The van der Waals surface area contributed by atoms with E-state index in [1.165, 1.54) is 11.6 Å². The topological polar surface area (TPSA) is 88.4 Å². The van der Waals surface area contributed by atoms with Gasteiger partial charge in [0, 0.05) is 55.3 Å². The number of nitro groups is 1. The molecule has 0 atom stereocenters. The van der Waals surface area contributed by atoms with Crippen LogP contribution in [0.1, 0.15) is 34.3 Å². The molecule has 4 rings (SSSR count). The molecule has 0 aliphatic carbocycles. The number of carbonyl (C=O) groups is 1. The number of ketones is 1. The van der Waals surface area contributed by atoms with Crippen molar-refractivity contribution in [2.45, 2.75) is 25.4 Å². The van der Waals surface area contributed by atoms with Crippen molar-refractivity contribution in [3.63, 3.8) is 0 Å². The highest BCUT2D eigenvalue weighted by molar-refractivity contribution is 6.09. The lowest BCUT2D eigenvalue weighted by molar-refractivity contribution is -0.384. The zero-order valence-corrected chi connectivity index (χ0v) is 17.1. The van der Waals surface area contributed by atoms with E-state index in [0.29, 0.717) is 16.8 Å². The molecule has 1 saturated heterocycles. The van der Waals surface area contributed by atoms with Crippen molar-refractivity contribution < 1.29 is 9.72 Å². The number of nitro benzene ring substituents is 1. The molecule has 31 heavy (non-hydrogen) atoms. The molecule has 3 aromatic rings. The molecule has 1 fully saturated rings. The summed E-state index contributed by atoms with van der Waals surface area (Å²) in [5.41, 5.74) is 2.40. The first-order valence-corrected chi connectivity index (χ1v) is 10.4. The van der Waals surface area contributed by atoms with Crippen LogP contribution in [0.25, 0.3) is 0 Å². The van der Waals surface area contributed by atoms with Gasteiger partial charge in [0.1, 0.15) is 5.69 Å². The molecule has 1 aromatic heterocycles. The van der Waals surface area contributed by atoms with Crippen molar-refractivity contribution in [1.82, 2.24) is 9.88 Å². The molecule has 1 aliphatic rings. The third-order valence-corrected chi connectivity index (χ3v) is 5.57. The Morgan fingerprint density at radius 1 is 1.06 bits per heavy atom. The highest BCUT2D eigenvalue weighted by atomic mass is 16.6. The molecule has 0 spiro atoms. The van der Waals surface area contributed by atoms with Crippen molar-refractivity contribution >= 4 is 17.2 Å². The average molecular weight is 416 g/mol. The van der Waals surface area contributed by atoms with Gasteiger partial charge in [-0.25, -0.2) is 0 Å². The second-order valence-electron chi connectivity index (χ2n) is 7.74. The Kier molecular flexibility index (Phi) is 6.33. The Hall–Kier alpha value is -3.58. The number of nitrogens with one attached hydrogen (secondary N) is 1. The fourth-order valence-electron chi connectivity index (χ4n) is 3.91. The van der Waals surface area contributed by atoms with Gasteiger partial charge in [-0.2, -0.15) is 0 Å². The molecule has 7 heteroatoms. The number of anilines is 1. The predicted molar refractivity (Wildman–Crippen MR) is 119 cm³/mol. The number of benzene rings is 2. The van der Waals surface area contributed by atoms with Crippen LogP contribution in [0.5, 0.6) is 0 Å². The number of hydrogen-bond acceptors (Lipinski definition) is 6. The van der Waals surface area contributed by atoms with Gasteiger partial charge in [0.2, 0.25) is 0 Å². The summed E-state index contributed by atoms with van der Waals surface area (Å²) in [5, 5.41) is 15.0. The number of nitrogens with zero attached hydrogens (tertiary/aromatic N) is 3. The fraction of sp³-hybridized carbons (Fsp3) is 0.250. The molecule has 0 amide bonds. The standard InChI is InChI=1S/C24H24N4O3/c29-24(19-6-2-1-3-7-19)20-8-9-22(23(15-20)28(30)31)26-21-10-13-27(14-11-21)17-18-5-4-12-25-16-18/h1-9,12,15-16,21,26H,10-11,13-14,17H2. The van der Waals surface area contributed by atoms with Crippen LogP contribution in [0.4, 0.5) is 11.4 Å². The maximum atomic E-state index is 12.7. The zero-order chi connectivity index (χ0) is 21.6. The molecule has 158 valence electrons. The number of pyridine rings is 1. The van der Waals surface area contributed by atoms with Crippen molar-refractivity contribution in [2.24, 2.45) is 0 Å². The van der Waals surface area contributed by atoms with Crippen LogP contribution in [0, 0.1) is 10.1 Å². The number of aromatic nitrogens is 1. The summed E-state index contributed by atoms with van der Waals surface area (Å²) in [5.74, 6) is -0.223. The summed E-state index contributed by atoms with van der Waals surface area (Å²) in [6.07, 6.45) is 5.43. The van der Waals surface area contributed by atoms with Crippen LogP contribution in [-0.2, 0) is 6.54 Å². The maximum absolute atomic E-state index is 12.7. The van der Waals surface area contributed by atoms with Crippen molar-refractivity contribution in [3.05, 3.63) is 99.9 Å². The molecule has 1 N–H and O–H groups in total. The monoisotopic (exact) mass is 416 g/mol. The quantitative estimate of drug-likeness (QED) is 0.351. The second-order valence-corrected chi connectivity index (χ2v) is 7.74. The fourth-order valence-corrected chi connectivity index (χ4v) is 3.91. The lowest BCUT2D eigenvalue weighted by Gasteiger charge is -2.32. The van der Waals surface area contributed by atoms with Gasteiger partial charge >= 0.3 is 0 Å². The minimum Gasteiger partial charge on any atom is -0.377 e. The van der Waals surface area contributed by atoms with E-state index >= 15 is 0 Å². The van der Waals surface area contributed by atoms with Gasteiger partial charge < -0.3 is 5.32 Å². The number of carbonyl (C=O) groups excluding carboxylic acids is 1. The van der Waals surface area contributed by atoms with Crippen LogP contribution in [0.3, 0.4) is 0 Å². The number of likely N-dealkylation sites (tertiary alicyclic amines) is 1. The van der Waals surface area contributed by atoms with E-state index in [4.69, 9.17) is 0 Å². The normalized spacial score (nSPS) is 14.8. The predicted octanol–water partition coefficient (Wildman–Crippen LogP) is 4.30. The Bertz CT molecular complexity index is 1050. The van der Waals surface area contributed by atoms with Gasteiger partial charge in [-0.05, 0) is 36.6 Å². The first kappa shape index (κ1) is 20.7. The van der Waals surface area contributed by atoms with Gasteiger partial charge in [-0.3, -0.25) is 24.8 Å². The van der Waals surface area contributed by atoms with Crippen LogP contribution in [0.2, 0.25) is 0 Å². The van der Waals surface area contributed by atoms with E-state index in [1.807, 2.05) is 18.3 Å². The van der Waals surface area contributed by atoms with Crippen molar-refractivity contribution in [3.8, 4) is 0 Å². The summed E-state index contributed by atoms with van der Waals surface area (Å²) >= 11 is 0. The second kappa shape index (κ2) is 9.49. The first-order chi connectivity index (χ1) is 15.1. The molecule has 2 heterocycles. The summed E-state index contributed by atoms with van der Waals surface area (Å²) < 4.78 is 0. The SMILES string of the molecule is O=C(c1ccccc1)c1ccc(NC2CCN(Cc3cccnc3)CC2)c([N+](=O)[O-])c1. The maximum Gasteiger partial charge on any atom is 0.293 e. The van der Waals surface area contributed by atoms with Crippen molar-refractivity contribution in [2.75, 3.05) is 18.4 Å². The van der Waals surface area contributed by atoms with E-state index in [1.54, 1.807) is 42.6 Å². The van der Waals surface area contributed by atoms with Gasteiger partial charge in [-0.1, -0.05) is 36.4 Å². The number of hydrogen-bond donors (Lipinski definition) is 1. The Morgan fingerprint density at radius 3 is 2.52 bits per heavy atom. The lowest BCUT2D eigenvalue weighted by atomic mass is 10.0. The van der Waals surface area contributed by atoms with Gasteiger partial charge in [0.15, 0.2) is 5.78 Å². The third kappa shape index (κ3) is 5.13. The minimum atomic E-state index is -0.429. The summed E-state index contributed by atoms with van der Waals surface area (Å²) in [6, 6.07) is 17.6. The highest BCUT2D eigenvalue weighted by Gasteiger charge is 2.23. The van der Waals surface area contributed by atoms with E-state index in [2.05, 4.69) is 21.3 Å². The van der Waals surface area contributed by atoms with Gasteiger partial charge in [0.25, 0.3) is 5.69 Å². The van der Waals surface area contributed by atoms with E-state index in [0.717, 1.165) is 32.5 Å². The molecule has 0 bridgehead atoms. The molecule has 7 nitrogen and oxygen atoms in total. The average Bonchev–Trinajstić information content (AvgIpc) is 2.81. The van der Waals surface area contributed by atoms with Crippen LogP contribution >= 0.6 is 0 Å². The molecule has 0 saturated carbocycles. The lowest BCUT2D eigenvalue weighted by Crippen LogP contribution is -2.38. The highest BCUT2D eigenvalue weighted by Crippen LogP contribution is 2.29. The minimum absolute atomic E-state index is 0.0698. The zero-order valence-electron chi connectivity index (χ0n) is 17.1. The molecule has 0 unspecified atom stereocenters. The van der Waals surface area contributed by atoms with Crippen molar-refractivity contribution in [1.29, 1.82) is 0 Å². The van der Waals surface area contributed by atoms with E-state index < -0.39 is 4.92 Å². The summed E-state index contributed by atoms with van der Waals surface area (Å²) in [4.78, 5) is 30.4. The Morgan fingerprint density at radius 2 is 1.84 bits per heavy atom. The van der Waals surface area contributed by atoms with Crippen LogP contribution in [-0.4, -0.2) is 39.7 Å². The molecular formula is C24H24N4O3. The Labute approximate surface area is 180 Å². The van der Waals surface area contributed by atoms with Gasteiger partial charge in [-0.15, -0.1) is 0 Å². The van der Waals surface area contributed by atoms with E-state index in [-0.39, 0.29) is 17.5 Å². The number of rotatable bonds is 7. The first-order valence-electron chi connectivity index (χ1n) is 10.4. The van der Waals surface area contributed by atoms with Crippen LogP contribution < -0.4 is 5.32 Å². The molecule has 1 aliphatic heterocycles. The third-order valence-electron chi connectivity index (χ3n) is 5.57. The largest absolute Gasteiger partial charge is 0.377 e. The molecule has 2 aromatic carbocycles. The summed E-state index contributed by atoms with van der Waals surface area (Å²) in [7, 11) is 0. The molecular weight excluding hydrogens is 392 g/mol. The van der Waals surface area contributed by atoms with Gasteiger partial charge in [0.05, 0.1) is 4.92 Å². The van der Waals surface area contributed by atoms with E-state index in [9.17, 15) is 14.9 Å². The number of piperidine rings is 1. The molecule has 0 radical (unpaired) electrons.